The molecule has 4 aliphatic rings. The third-order valence-corrected chi connectivity index (χ3v) is 10.8. The third kappa shape index (κ3) is 4.44. The molecule has 42 heavy (non-hydrogen) atoms. The summed E-state index contributed by atoms with van der Waals surface area (Å²) in [5.74, 6) is -1.42. The van der Waals surface area contributed by atoms with Crippen molar-refractivity contribution in [1.29, 1.82) is 0 Å². The van der Waals surface area contributed by atoms with Crippen molar-refractivity contribution in [3.05, 3.63) is 77.9 Å². The van der Waals surface area contributed by atoms with Gasteiger partial charge in [0, 0.05) is 24.0 Å². The Labute approximate surface area is 254 Å². The van der Waals surface area contributed by atoms with Crippen molar-refractivity contribution in [3.63, 3.8) is 0 Å². The Morgan fingerprint density at radius 1 is 1.00 bits per heavy atom. The molecule has 0 aliphatic carbocycles. The van der Waals surface area contributed by atoms with E-state index in [1.54, 1.807) is 32.9 Å². The van der Waals surface area contributed by atoms with Crippen LogP contribution in [0.25, 0.3) is 0 Å². The predicted octanol–water partition coefficient (Wildman–Crippen LogP) is 4.31. The highest BCUT2D eigenvalue weighted by Crippen LogP contribution is 2.61. The van der Waals surface area contributed by atoms with Crippen molar-refractivity contribution >= 4 is 52.5 Å². The van der Waals surface area contributed by atoms with Crippen molar-refractivity contribution in [1.82, 2.24) is 4.90 Å². The molecule has 2 fully saturated rings. The number of carbonyl (C=O) groups excluding carboxylic acids is 3. The zero-order valence-electron chi connectivity index (χ0n) is 23.6. The Morgan fingerprint density at radius 2 is 1.74 bits per heavy atom. The standard InChI is InChI=1S/C32H34ClN3O5S/c1-3-20(19-37)36-28-31(40)35(24-10-6-5-9-23(24)33)18-8-16-32(28)27(30(36)39)26-25(42-32)11-7-17-34(29(26)38)21-12-14-22(15-13-21)41-4-2/h5-16,20,25-28,37H,3-4,17-19H2,1-2H3/t20-,25+,26-,27-,28?,32-/m0/s1. The highest BCUT2D eigenvalue weighted by atomic mass is 35.5. The normalized spacial score (nSPS) is 29.2. The van der Waals surface area contributed by atoms with Gasteiger partial charge in [-0.25, -0.2) is 0 Å². The molecule has 0 radical (unpaired) electrons. The molecule has 4 heterocycles. The lowest BCUT2D eigenvalue weighted by Gasteiger charge is -2.38. The number of hydrogen-bond donors (Lipinski definition) is 1. The lowest BCUT2D eigenvalue weighted by atomic mass is 9.78. The van der Waals surface area contributed by atoms with Crippen molar-refractivity contribution in [2.24, 2.45) is 11.8 Å². The average Bonchev–Trinajstić information content (AvgIpc) is 3.31. The molecule has 0 bridgehead atoms. The SMILES string of the molecule is CCOc1ccc(N2CC=C[C@H]3S[C@]45C=CCN(c6ccccc6Cl)C(=O)C4N([C@@H](CC)CO)C(=O)[C@@H]5[C@H]3C2=O)cc1. The second-order valence-corrected chi connectivity index (χ2v) is 12.8. The van der Waals surface area contributed by atoms with E-state index in [-0.39, 0.29) is 36.1 Å². The smallest absolute Gasteiger partial charge is 0.251 e. The molecule has 1 spiro atoms. The first kappa shape index (κ1) is 28.8. The van der Waals surface area contributed by atoms with Crippen molar-refractivity contribution in [2.45, 2.75) is 42.3 Å². The number of aliphatic hydroxyl groups is 1. The quantitative estimate of drug-likeness (QED) is 0.472. The first-order chi connectivity index (χ1) is 20.4. The van der Waals surface area contributed by atoms with Crippen LogP contribution in [0.2, 0.25) is 5.02 Å². The molecule has 2 aromatic rings. The minimum absolute atomic E-state index is 0.150. The van der Waals surface area contributed by atoms with Crippen molar-refractivity contribution < 1.29 is 24.2 Å². The van der Waals surface area contributed by atoms with E-state index in [1.807, 2.05) is 68.5 Å². The number of halogens is 1. The summed E-state index contributed by atoms with van der Waals surface area (Å²) in [6.07, 6.45) is 8.35. The number of aliphatic hydroxyl groups excluding tert-OH is 1. The second kappa shape index (κ2) is 11.4. The molecule has 1 unspecified atom stereocenters. The number of amides is 3. The second-order valence-electron chi connectivity index (χ2n) is 10.9. The number of anilines is 2. The number of likely N-dealkylation sites (tertiary alicyclic amines) is 1. The fraction of sp³-hybridized carbons (Fsp3) is 0.406. The summed E-state index contributed by atoms with van der Waals surface area (Å²) in [7, 11) is 0. The molecular formula is C32H34ClN3O5S. The van der Waals surface area contributed by atoms with Crippen LogP contribution in [0.3, 0.4) is 0 Å². The molecule has 1 N–H and O–H groups in total. The monoisotopic (exact) mass is 607 g/mol. The molecule has 8 nitrogen and oxygen atoms in total. The molecule has 3 amide bonds. The molecule has 2 aromatic carbocycles. The number of rotatable bonds is 7. The Morgan fingerprint density at radius 3 is 2.43 bits per heavy atom. The number of nitrogens with zero attached hydrogens (tertiary/aromatic N) is 3. The van der Waals surface area contributed by atoms with Crippen LogP contribution in [0.4, 0.5) is 11.4 Å². The van der Waals surface area contributed by atoms with Crippen LogP contribution in [-0.2, 0) is 14.4 Å². The minimum Gasteiger partial charge on any atom is -0.494 e. The van der Waals surface area contributed by atoms with Crippen LogP contribution in [0.5, 0.6) is 5.75 Å². The average molecular weight is 608 g/mol. The summed E-state index contributed by atoms with van der Waals surface area (Å²) < 4.78 is 4.60. The van der Waals surface area contributed by atoms with Gasteiger partial charge in [-0.2, -0.15) is 0 Å². The Bertz CT molecular complexity index is 1440. The summed E-state index contributed by atoms with van der Waals surface area (Å²) in [6.45, 7) is 4.73. The van der Waals surface area contributed by atoms with E-state index < -0.39 is 28.7 Å². The van der Waals surface area contributed by atoms with Crippen LogP contribution >= 0.6 is 23.4 Å². The van der Waals surface area contributed by atoms with E-state index >= 15 is 0 Å². The lowest BCUT2D eigenvalue weighted by molar-refractivity contribution is -0.141. The van der Waals surface area contributed by atoms with Crippen molar-refractivity contribution in [2.75, 3.05) is 36.1 Å². The summed E-state index contributed by atoms with van der Waals surface area (Å²) in [4.78, 5) is 48.3. The number of fused-ring (bicyclic) bond motifs is 2. The zero-order chi connectivity index (χ0) is 29.6. The summed E-state index contributed by atoms with van der Waals surface area (Å²) in [6, 6.07) is 13.1. The zero-order valence-corrected chi connectivity index (χ0v) is 25.1. The molecule has 2 saturated heterocycles. The molecule has 0 aromatic heterocycles. The molecular weight excluding hydrogens is 574 g/mol. The van der Waals surface area contributed by atoms with Gasteiger partial charge in [-0.15, -0.1) is 11.8 Å². The summed E-state index contributed by atoms with van der Waals surface area (Å²) in [5, 5.41) is 10.5. The van der Waals surface area contributed by atoms with E-state index in [9.17, 15) is 19.5 Å². The molecule has 220 valence electrons. The highest BCUT2D eigenvalue weighted by molar-refractivity contribution is 8.02. The summed E-state index contributed by atoms with van der Waals surface area (Å²) in [5.41, 5.74) is 1.28. The van der Waals surface area contributed by atoms with Gasteiger partial charge in [0.25, 0.3) is 5.91 Å². The Kier molecular flexibility index (Phi) is 7.85. The fourth-order valence-corrected chi connectivity index (χ4v) is 9.12. The van der Waals surface area contributed by atoms with Gasteiger partial charge >= 0.3 is 0 Å². The van der Waals surface area contributed by atoms with Crippen LogP contribution in [0, 0.1) is 11.8 Å². The molecule has 6 rings (SSSR count). The van der Waals surface area contributed by atoms with E-state index in [0.29, 0.717) is 30.3 Å². The van der Waals surface area contributed by atoms with Crippen LogP contribution in [-0.4, -0.2) is 76.1 Å². The van der Waals surface area contributed by atoms with Gasteiger partial charge in [-0.05, 0) is 49.7 Å². The number of para-hydroxylation sites is 1. The van der Waals surface area contributed by atoms with Gasteiger partial charge in [0.2, 0.25) is 11.8 Å². The Hall–Kier alpha value is -3.27. The molecule has 4 aliphatic heterocycles. The van der Waals surface area contributed by atoms with Gasteiger partial charge in [-0.3, -0.25) is 14.4 Å². The largest absolute Gasteiger partial charge is 0.494 e. The van der Waals surface area contributed by atoms with Gasteiger partial charge in [0.05, 0.1) is 46.5 Å². The van der Waals surface area contributed by atoms with Crippen LogP contribution in [0.1, 0.15) is 20.3 Å². The number of benzene rings is 2. The fourth-order valence-electron chi connectivity index (χ4n) is 6.89. The summed E-state index contributed by atoms with van der Waals surface area (Å²) >= 11 is 8.06. The lowest BCUT2D eigenvalue weighted by Crippen LogP contribution is -2.56. The van der Waals surface area contributed by atoms with Crippen molar-refractivity contribution in [3.8, 4) is 5.75 Å². The van der Waals surface area contributed by atoms with E-state index in [0.717, 1.165) is 11.4 Å². The van der Waals surface area contributed by atoms with E-state index in [4.69, 9.17) is 16.3 Å². The van der Waals surface area contributed by atoms with E-state index in [2.05, 4.69) is 0 Å². The van der Waals surface area contributed by atoms with Gasteiger partial charge in [-0.1, -0.05) is 55.0 Å². The van der Waals surface area contributed by atoms with Gasteiger partial charge in [0.1, 0.15) is 11.8 Å². The van der Waals surface area contributed by atoms with E-state index in [1.165, 1.54) is 11.8 Å². The minimum atomic E-state index is -0.982. The van der Waals surface area contributed by atoms with Crippen LogP contribution < -0.4 is 14.5 Å². The third-order valence-electron chi connectivity index (χ3n) is 8.77. The predicted molar refractivity (Wildman–Crippen MR) is 165 cm³/mol. The number of thioether (sulfide) groups is 1. The maximum atomic E-state index is 14.5. The highest BCUT2D eigenvalue weighted by Gasteiger charge is 2.71. The molecule has 0 saturated carbocycles. The Balaban J connectivity index is 1.43. The first-order valence-corrected chi connectivity index (χ1v) is 15.7. The number of hydrogen-bond acceptors (Lipinski definition) is 6. The maximum absolute atomic E-state index is 14.5. The maximum Gasteiger partial charge on any atom is 0.251 e. The van der Waals surface area contributed by atoms with Gasteiger partial charge < -0.3 is 24.5 Å². The number of carbonyl (C=O) groups is 3. The van der Waals surface area contributed by atoms with Gasteiger partial charge in [0.15, 0.2) is 0 Å². The van der Waals surface area contributed by atoms with Crippen LogP contribution in [0.15, 0.2) is 72.8 Å². The topological polar surface area (TPSA) is 90.4 Å². The number of ether oxygens (including phenoxy) is 1. The first-order valence-electron chi connectivity index (χ1n) is 14.4. The molecule has 6 atom stereocenters. The molecule has 10 heteroatoms.